The highest BCUT2D eigenvalue weighted by molar-refractivity contribution is 5.59. The van der Waals surface area contributed by atoms with Crippen LogP contribution in [0.2, 0.25) is 0 Å². The molecular weight excluding hydrogens is 216 g/mol. The third-order valence-electron chi connectivity index (χ3n) is 2.19. The molecule has 0 fully saturated rings. The molecule has 2 rings (SSSR count). The van der Waals surface area contributed by atoms with Crippen LogP contribution < -0.4 is 10.3 Å². The van der Waals surface area contributed by atoms with Gasteiger partial charge in [-0.05, 0) is 50.6 Å². The molecule has 0 spiro atoms. The molecule has 0 saturated carbocycles. The van der Waals surface area contributed by atoms with Crippen molar-refractivity contribution in [1.29, 1.82) is 0 Å². The van der Waals surface area contributed by atoms with Crippen LogP contribution in [0.1, 0.15) is 20.8 Å². The number of benzene rings is 1. The molecule has 90 valence electrons. The van der Waals surface area contributed by atoms with E-state index in [1.807, 2.05) is 45.0 Å². The zero-order chi connectivity index (χ0) is 12.5. The van der Waals surface area contributed by atoms with Gasteiger partial charge in [0.2, 0.25) is 0 Å². The fourth-order valence-electron chi connectivity index (χ4n) is 1.54. The largest absolute Gasteiger partial charge is 0.488 e. The minimum absolute atomic E-state index is 0.130. The van der Waals surface area contributed by atoms with Crippen molar-refractivity contribution in [3.63, 3.8) is 0 Å². The summed E-state index contributed by atoms with van der Waals surface area (Å²) in [5, 5.41) is 5.32. The molecule has 1 aromatic carbocycles. The SMILES string of the molecule is CC(C)(C)Oc1ccc(-c2cc(=O)[nH][nH]2)cc1. The van der Waals surface area contributed by atoms with Crippen LogP contribution >= 0.6 is 0 Å². The van der Waals surface area contributed by atoms with Gasteiger partial charge >= 0.3 is 0 Å². The number of ether oxygens (including phenoxy) is 1. The molecule has 2 N–H and O–H groups in total. The number of aromatic nitrogens is 2. The molecule has 0 radical (unpaired) electrons. The first kappa shape index (κ1) is 11.5. The van der Waals surface area contributed by atoms with Gasteiger partial charge in [-0.2, -0.15) is 0 Å². The number of aromatic amines is 2. The molecule has 1 heterocycles. The van der Waals surface area contributed by atoms with Crippen LogP contribution in [0, 0.1) is 0 Å². The lowest BCUT2D eigenvalue weighted by Crippen LogP contribution is -2.22. The average Bonchev–Trinajstić information content (AvgIpc) is 2.63. The number of nitrogens with one attached hydrogen (secondary N) is 2. The Kier molecular flexibility index (Phi) is 2.79. The molecule has 4 nitrogen and oxygen atoms in total. The Hall–Kier alpha value is -1.97. The van der Waals surface area contributed by atoms with Gasteiger partial charge in [0.1, 0.15) is 11.4 Å². The maximum Gasteiger partial charge on any atom is 0.264 e. The van der Waals surface area contributed by atoms with Crippen LogP contribution in [0.25, 0.3) is 11.3 Å². The number of hydrogen-bond donors (Lipinski definition) is 2. The van der Waals surface area contributed by atoms with E-state index in [-0.39, 0.29) is 11.2 Å². The van der Waals surface area contributed by atoms with Crippen molar-refractivity contribution < 1.29 is 4.74 Å². The molecule has 17 heavy (non-hydrogen) atoms. The molecule has 4 heteroatoms. The summed E-state index contributed by atoms with van der Waals surface area (Å²) in [6.07, 6.45) is 0. The van der Waals surface area contributed by atoms with Gasteiger partial charge in [-0.1, -0.05) is 0 Å². The first-order chi connectivity index (χ1) is 7.94. The Morgan fingerprint density at radius 1 is 1.06 bits per heavy atom. The molecule has 0 unspecified atom stereocenters. The van der Waals surface area contributed by atoms with Gasteiger partial charge in [0.25, 0.3) is 5.56 Å². The predicted octanol–water partition coefficient (Wildman–Crippen LogP) is 2.55. The van der Waals surface area contributed by atoms with E-state index in [4.69, 9.17) is 4.74 Å². The van der Waals surface area contributed by atoms with Crippen LogP contribution in [0.5, 0.6) is 5.75 Å². The molecule has 0 aliphatic rings. The van der Waals surface area contributed by atoms with Crippen LogP contribution in [0.15, 0.2) is 35.1 Å². The summed E-state index contributed by atoms with van der Waals surface area (Å²) < 4.78 is 5.72. The normalized spacial score (nSPS) is 11.5. The van der Waals surface area contributed by atoms with E-state index < -0.39 is 0 Å². The topological polar surface area (TPSA) is 57.9 Å². The van der Waals surface area contributed by atoms with Gasteiger partial charge in [0, 0.05) is 6.07 Å². The summed E-state index contributed by atoms with van der Waals surface area (Å²) in [5.41, 5.74) is 1.39. The van der Waals surface area contributed by atoms with E-state index in [1.54, 1.807) is 0 Å². The lowest BCUT2D eigenvalue weighted by molar-refractivity contribution is 0.131. The minimum Gasteiger partial charge on any atom is -0.488 e. The van der Waals surface area contributed by atoms with Gasteiger partial charge < -0.3 is 4.74 Å². The van der Waals surface area contributed by atoms with Gasteiger partial charge in [-0.15, -0.1) is 0 Å². The van der Waals surface area contributed by atoms with Crippen molar-refractivity contribution >= 4 is 0 Å². The molecule has 1 aromatic heterocycles. The molecule has 0 bridgehead atoms. The highest BCUT2D eigenvalue weighted by atomic mass is 16.5. The maximum absolute atomic E-state index is 11.0. The quantitative estimate of drug-likeness (QED) is 0.836. The Morgan fingerprint density at radius 2 is 1.71 bits per heavy atom. The fourth-order valence-corrected chi connectivity index (χ4v) is 1.54. The van der Waals surface area contributed by atoms with Crippen molar-refractivity contribution in [1.82, 2.24) is 10.2 Å². The Labute approximate surface area is 99.6 Å². The average molecular weight is 232 g/mol. The van der Waals surface area contributed by atoms with E-state index in [0.717, 1.165) is 17.0 Å². The van der Waals surface area contributed by atoms with Crippen LogP contribution in [-0.2, 0) is 0 Å². The van der Waals surface area contributed by atoms with Gasteiger partial charge in [0.05, 0.1) is 5.69 Å². The van der Waals surface area contributed by atoms with E-state index in [1.165, 1.54) is 6.07 Å². The van der Waals surface area contributed by atoms with Gasteiger partial charge in [-0.3, -0.25) is 15.0 Å². The Bertz CT molecular complexity index is 544. The van der Waals surface area contributed by atoms with Crippen molar-refractivity contribution in [2.45, 2.75) is 26.4 Å². The predicted molar refractivity (Wildman–Crippen MR) is 67.2 cm³/mol. The van der Waals surface area contributed by atoms with Crippen molar-refractivity contribution in [3.8, 4) is 17.0 Å². The maximum atomic E-state index is 11.0. The van der Waals surface area contributed by atoms with E-state index in [9.17, 15) is 4.79 Å². The summed E-state index contributed by atoms with van der Waals surface area (Å²) in [6, 6.07) is 9.15. The molecule has 0 aliphatic carbocycles. The highest BCUT2D eigenvalue weighted by Crippen LogP contribution is 2.22. The van der Waals surface area contributed by atoms with Gasteiger partial charge in [0.15, 0.2) is 0 Å². The Morgan fingerprint density at radius 3 is 2.18 bits per heavy atom. The first-order valence-corrected chi connectivity index (χ1v) is 5.51. The van der Waals surface area contributed by atoms with Crippen LogP contribution in [0.3, 0.4) is 0 Å². The molecule has 0 atom stereocenters. The number of hydrogen-bond acceptors (Lipinski definition) is 2. The summed E-state index contributed by atoms with van der Waals surface area (Å²) in [4.78, 5) is 11.0. The third-order valence-corrected chi connectivity index (χ3v) is 2.19. The summed E-state index contributed by atoms with van der Waals surface area (Å²) in [5.74, 6) is 0.819. The number of rotatable bonds is 2. The first-order valence-electron chi connectivity index (χ1n) is 5.51. The molecule has 2 aromatic rings. The van der Waals surface area contributed by atoms with Crippen molar-refractivity contribution in [2.24, 2.45) is 0 Å². The van der Waals surface area contributed by atoms with Crippen LogP contribution in [0.4, 0.5) is 0 Å². The molecular formula is C13H16N2O2. The molecule has 0 saturated heterocycles. The summed E-state index contributed by atoms with van der Waals surface area (Å²) >= 11 is 0. The summed E-state index contributed by atoms with van der Waals surface area (Å²) in [7, 11) is 0. The second-order valence-corrected chi connectivity index (χ2v) is 4.91. The fraction of sp³-hybridized carbons (Fsp3) is 0.308. The van der Waals surface area contributed by atoms with Crippen LogP contribution in [-0.4, -0.2) is 15.8 Å². The third kappa shape index (κ3) is 3.00. The standard InChI is InChI=1S/C13H16N2O2/c1-13(2,3)17-10-6-4-9(5-7-10)11-8-12(16)15-14-11/h4-8H,1-3H3,(H2,14,15,16). The van der Waals surface area contributed by atoms with E-state index in [2.05, 4.69) is 10.2 Å². The molecule has 0 aliphatic heterocycles. The number of H-pyrrole nitrogens is 2. The second kappa shape index (κ2) is 4.13. The van der Waals surface area contributed by atoms with Crippen molar-refractivity contribution in [3.05, 3.63) is 40.7 Å². The lowest BCUT2D eigenvalue weighted by atomic mass is 10.1. The van der Waals surface area contributed by atoms with E-state index in [0.29, 0.717) is 0 Å². The van der Waals surface area contributed by atoms with Gasteiger partial charge in [-0.25, -0.2) is 0 Å². The lowest BCUT2D eigenvalue weighted by Gasteiger charge is -2.21. The zero-order valence-electron chi connectivity index (χ0n) is 10.2. The van der Waals surface area contributed by atoms with E-state index >= 15 is 0 Å². The minimum atomic E-state index is -0.204. The van der Waals surface area contributed by atoms with Crippen molar-refractivity contribution in [2.75, 3.05) is 0 Å². The smallest absolute Gasteiger partial charge is 0.264 e. The Balaban J connectivity index is 2.21. The molecule has 0 amide bonds. The second-order valence-electron chi connectivity index (χ2n) is 4.91. The zero-order valence-corrected chi connectivity index (χ0v) is 10.2. The highest BCUT2D eigenvalue weighted by Gasteiger charge is 2.11. The summed E-state index contributed by atoms with van der Waals surface area (Å²) in [6.45, 7) is 6.01. The monoisotopic (exact) mass is 232 g/mol.